The Kier molecular flexibility index (Phi) is 4.91. The molecule has 0 bridgehead atoms. The first-order valence-corrected chi connectivity index (χ1v) is 7.55. The zero-order valence-electron chi connectivity index (χ0n) is 10.9. The van der Waals surface area contributed by atoms with Crippen LogP contribution in [0.5, 0.6) is 0 Å². The van der Waals surface area contributed by atoms with Crippen molar-refractivity contribution in [2.24, 2.45) is 0 Å². The molecule has 0 saturated heterocycles. The van der Waals surface area contributed by atoms with Crippen molar-refractivity contribution in [1.82, 2.24) is 10.3 Å². The number of benzene rings is 1. The number of halogens is 1. The van der Waals surface area contributed by atoms with Crippen molar-refractivity contribution in [3.63, 3.8) is 0 Å². The summed E-state index contributed by atoms with van der Waals surface area (Å²) in [4.78, 5) is 16.5. The van der Waals surface area contributed by atoms with Crippen molar-refractivity contribution in [2.45, 2.75) is 25.8 Å². The van der Waals surface area contributed by atoms with E-state index in [0.29, 0.717) is 5.69 Å². The van der Waals surface area contributed by atoms with Gasteiger partial charge in [0.1, 0.15) is 5.69 Å². The zero-order valence-corrected chi connectivity index (χ0v) is 12.5. The minimum Gasteiger partial charge on any atom is -0.348 e. The van der Waals surface area contributed by atoms with Crippen LogP contribution in [0.3, 0.4) is 0 Å². The average Bonchev–Trinajstić information content (AvgIpc) is 2.44. The number of carbonyl (C=O) groups excluding carboxylic acids is 1. The number of rotatable bonds is 5. The van der Waals surface area contributed by atoms with Crippen LogP contribution in [0, 0.1) is 0 Å². The van der Waals surface area contributed by atoms with Gasteiger partial charge in [-0.05, 0) is 31.9 Å². The molecule has 0 aliphatic heterocycles. The largest absolute Gasteiger partial charge is 0.348 e. The first kappa shape index (κ1) is 14.0. The fraction of sp³-hybridized carbons (Fsp3) is 0.333. The lowest BCUT2D eigenvalue weighted by atomic mass is 10.1. The molecule has 0 aliphatic carbocycles. The molecule has 1 unspecified atom stereocenters. The SMILES string of the molecule is CC(CCCBr)NC(=O)c1ccc2ccccc2n1. The normalized spacial score (nSPS) is 12.3. The monoisotopic (exact) mass is 320 g/mol. The Morgan fingerprint density at radius 2 is 2.11 bits per heavy atom. The molecular formula is C15H17BrN2O. The Morgan fingerprint density at radius 1 is 1.32 bits per heavy atom. The van der Waals surface area contributed by atoms with Crippen LogP contribution in [0.15, 0.2) is 36.4 Å². The van der Waals surface area contributed by atoms with E-state index < -0.39 is 0 Å². The molecule has 0 radical (unpaired) electrons. The van der Waals surface area contributed by atoms with E-state index >= 15 is 0 Å². The van der Waals surface area contributed by atoms with Crippen LogP contribution < -0.4 is 5.32 Å². The third kappa shape index (κ3) is 3.77. The number of nitrogens with zero attached hydrogens (tertiary/aromatic N) is 1. The number of para-hydroxylation sites is 1. The van der Waals surface area contributed by atoms with Gasteiger partial charge in [0.15, 0.2) is 0 Å². The maximum absolute atomic E-state index is 12.1. The molecule has 2 rings (SSSR count). The van der Waals surface area contributed by atoms with Crippen LogP contribution >= 0.6 is 15.9 Å². The van der Waals surface area contributed by atoms with Crippen LogP contribution in [0.4, 0.5) is 0 Å². The summed E-state index contributed by atoms with van der Waals surface area (Å²) in [5.41, 5.74) is 1.33. The minimum atomic E-state index is -0.104. The summed E-state index contributed by atoms with van der Waals surface area (Å²) in [5.74, 6) is -0.104. The molecule has 0 fully saturated rings. The van der Waals surface area contributed by atoms with Gasteiger partial charge in [0, 0.05) is 16.8 Å². The third-order valence-corrected chi connectivity index (χ3v) is 3.54. The molecule has 1 aromatic heterocycles. The van der Waals surface area contributed by atoms with Gasteiger partial charge in [-0.25, -0.2) is 4.98 Å². The van der Waals surface area contributed by atoms with E-state index in [1.165, 1.54) is 0 Å². The van der Waals surface area contributed by atoms with Crippen LogP contribution in [0.2, 0.25) is 0 Å². The molecule has 0 saturated carbocycles. The first-order chi connectivity index (χ1) is 9.20. The minimum absolute atomic E-state index is 0.104. The highest BCUT2D eigenvalue weighted by molar-refractivity contribution is 9.09. The number of pyridine rings is 1. The Bertz CT molecular complexity index is 571. The van der Waals surface area contributed by atoms with Gasteiger partial charge in [0.25, 0.3) is 5.91 Å². The van der Waals surface area contributed by atoms with Crippen molar-refractivity contribution < 1.29 is 4.79 Å². The summed E-state index contributed by atoms with van der Waals surface area (Å²) in [7, 11) is 0. The quantitative estimate of drug-likeness (QED) is 0.856. The van der Waals surface area contributed by atoms with Crippen molar-refractivity contribution in [2.75, 3.05) is 5.33 Å². The molecule has 19 heavy (non-hydrogen) atoms. The van der Waals surface area contributed by atoms with Gasteiger partial charge < -0.3 is 5.32 Å². The molecule has 1 atom stereocenters. The topological polar surface area (TPSA) is 42.0 Å². The summed E-state index contributed by atoms with van der Waals surface area (Å²) in [6, 6.07) is 11.7. The van der Waals surface area contributed by atoms with E-state index in [-0.39, 0.29) is 11.9 Å². The van der Waals surface area contributed by atoms with Crippen molar-refractivity contribution >= 4 is 32.7 Å². The fourth-order valence-corrected chi connectivity index (χ4v) is 2.27. The molecule has 4 heteroatoms. The highest BCUT2D eigenvalue weighted by Crippen LogP contribution is 2.12. The molecule has 0 spiro atoms. The highest BCUT2D eigenvalue weighted by atomic mass is 79.9. The number of fused-ring (bicyclic) bond motifs is 1. The molecule has 1 amide bonds. The lowest BCUT2D eigenvalue weighted by molar-refractivity contribution is 0.0933. The van der Waals surface area contributed by atoms with E-state index in [1.54, 1.807) is 6.07 Å². The molecule has 3 nitrogen and oxygen atoms in total. The highest BCUT2D eigenvalue weighted by Gasteiger charge is 2.11. The first-order valence-electron chi connectivity index (χ1n) is 6.43. The number of alkyl halides is 1. The standard InChI is InChI=1S/C15H17BrN2O/c1-11(5-4-10-16)17-15(19)14-9-8-12-6-2-3-7-13(12)18-14/h2-3,6-9,11H,4-5,10H2,1H3,(H,17,19). The van der Waals surface area contributed by atoms with Gasteiger partial charge in [-0.1, -0.05) is 40.2 Å². The summed E-state index contributed by atoms with van der Waals surface area (Å²) in [5, 5.41) is 4.98. The van der Waals surface area contributed by atoms with Crippen LogP contribution in [-0.4, -0.2) is 22.3 Å². The fourth-order valence-electron chi connectivity index (χ4n) is 1.95. The molecular weight excluding hydrogens is 304 g/mol. The van der Waals surface area contributed by atoms with E-state index in [1.807, 2.05) is 37.3 Å². The molecule has 1 N–H and O–H groups in total. The predicted octanol–water partition coefficient (Wildman–Crippen LogP) is 3.53. The maximum atomic E-state index is 12.1. The van der Waals surface area contributed by atoms with Gasteiger partial charge in [-0.2, -0.15) is 0 Å². The third-order valence-electron chi connectivity index (χ3n) is 2.98. The lowest BCUT2D eigenvalue weighted by Crippen LogP contribution is -2.33. The van der Waals surface area contributed by atoms with E-state index in [9.17, 15) is 4.79 Å². The Morgan fingerprint density at radius 3 is 2.89 bits per heavy atom. The second kappa shape index (κ2) is 6.66. The molecule has 100 valence electrons. The van der Waals surface area contributed by atoms with Crippen LogP contribution in [0.25, 0.3) is 10.9 Å². The predicted molar refractivity (Wildman–Crippen MR) is 81.7 cm³/mol. The molecule has 2 aromatic rings. The van der Waals surface area contributed by atoms with Crippen LogP contribution in [0.1, 0.15) is 30.3 Å². The molecule has 1 aromatic carbocycles. The van der Waals surface area contributed by atoms with E-state index in [2.05, 4.69) is 26.2 Å². The zero-order chi connectivity index (χ0) is 13.7. The van der Waals surface area contributed by atoms with Gasteiger partial charge >= 0.3 is 0 Å². The number of nitrogens with one attached hydrogen (secondary N) is 1. The Labute approximate surface area is 121 Å². The number of hydrogen-bond donors (Lipinski definition) is 1. The van der Waals surface area contributed by atoms with Crippen molar-refractivity contribution in [3.05, 3.63) is 42.1 Å². The van der Waals surface area contributed by atoms with E-state index in [0.717, 1.165) is 29.1 Å². The average molecular weight is 321 g/mol. The maximum Gasteiger partial charge on any atom is 0.270 e. The van der Waals surface area contributed by atoms with Gasteiger partial charge in [0.2, 0.25) is 0 Å². The van der Waals surface area contributed by atoms with Gasteiger partial charge in [-0.15, -0.1) is 0 Å². The Hall–Kier alpha value is -1.42. The van der Waals surface area contributed by atoms with E-state index in [4.69, 9.17) is 0 Å². The summed E-state index contributed by atoms with van der Waals surface area (Å²) >= 11 is 3.39. The number of hydrogen-bond acceptors (Lipinski definition) is 2. The van der Waals surface area contributed by atoms with Crippen molar-refractivity contribution in [1.29, 1.82) is 0 Å². The van der Waals surface area contributed by atoms with Gasteiger partial charge in [-0.3, -0.25) is 4.79 Å². The summed E-state index contributed by atoms with van der Waals surface area (Å²) in [6.07, 6.45) is 2.01. The molecule has 1 heterocycles. The number of aromatic nitrogens is 1. The lowest BCUT2D eigenvalue weighted by Gasteiger charge is -2.12. The summed E-state index contributed by atoms with van der Waals surface area (Å²) in [6.45, 7) is 2.02. The second-order valence-corrected chi connectivity index (χ2v) is 5.39. The summed E-state index contributed by atoms with van der Waals surface area (Å²) < 4.78 is 0. The Balaban J connectivity index is 2.08. The number of carbonyl (C=O) groups is 1. The smallest absolute Gasteiger partial charge is 0.270 e. The van der Waals surface area contributed by atoms with Crippen molar-refractivity contribution in [3.8, 4) is 0 Å². The molecule has 0 aliphatic rings. The second-order valence-electron chi connectivity index (χ2n) is 4.59. The van der Waals surface area contributed by atoms with Crippen LogP contribution in [-0.2, 0) is 0 Å². The van der Waals surface area contributed by atoms with Gasteiger partial charge in [0.05, 0.1) is 5.52 Å². The number of amides is 1.